The number of amides is 1. The zero-order valence-corrected chi connectivity index (χ0v) is 20.4. The Balaban J connectivity index is 1.68. The maximum Gasteiger partial charge on any atom is 0.264 e. The zero-order valence-electron chi connectivity index (χ0n) is 19.6. The number of carbonyl (C=O) groups is 1. The SMILES string of the molecule is COc1ccc(N(CC(=O)Nc2ccc3c(c2)OCCO3)S(=O)(=O)c2ccc(C)cc2)c(OC)c1. The summed E-state index contributed by atoms with van der Waals surface area (Å²) < 4.78 is 50.1. The molecule has 0 saturated heterocycles. The molecule has 0 bridgehead atoms. The van der Waals surface area contributed by atoms with E-state index in [0.717, 1.165) is 9.87 Å². The van der Waals surface area contributed by atoms with Gasteiger partial charge in [-0.25, -0.2) is 8.42 Å². The van der Waals surface area contributed by atoms with Gasteiger partial charge in [0.2, 0.25) is 5.91 Å². The Bertz CT molecular complexity index is 1320. The highest BCUT2D eigenvalue weighted by molar-refractivity contribution is 7.92. The Labute approximate surface area is 204 Å². The van der Waals surface area contributed by atoms with E-state index >= 15 is 0 Å². The molecule has 4 rings (SSSR count). The fraction of sp³-hybridized carbons (Fsp3) is 0.240. The lowest BCUT2D eigenvalue weighted by molar-refractivity contribution is -0.114. The first kappa shape index (κ1) is 24.2. The molecule has 1 N–H and O–H groups in total. The van der Waals surface area contributed by atoms with Crippen molar-refractivity contribution < 1.29 is 32.2 Å². The van der Waals surface area contributed by atoms with Crippen molar-refractivity contribution in [3.05, 3.63) is 66.2 Å². The van der Waals surface area contributed by atoms with Crippen molar-refractivity contribution in [3.8, 4) is 23.0 Å². The van der Waals surface area contributed by atoms with Crippen LogP contribution in [0.5, 0.6) is 23.0 Å². The molecule has 1 aliphatic heterocycles. The van der Waals surface area contributed by atoms with Gasteiger partial charge in [0.05, 0.1) is 24.8 Å². The number of carbonyl (C=O) groups excluding carboxylic acids is 1. The first-order chi connectivity index (χ1) is 16.8. The number of anilines is 2. The van der Waals surface area contributed by atoms with Crippen LogP contribution in [-0.2, 0) is 14.8 Å². The highest BCUT2D eigenvalue weighted by atomic mass is 32.2. The van der Waals surface area contributed by atoms with E-state index < -0.39 is 22.5 Å². The molecular weight excluding hydrogens is 472 g/mol. The molecule has 0 aromatic heterocycles. The number of hydrogen-bond donors (Lipinski definition) is 1. The number of ether oxygens (including phenoxy) is 4. The average Bonchev–Trinajstić information content (AvgIpc) is 2.87. The molecule has 0 spiro atoms. The van der Waals surface area contributed by atoms with Gasteiger partial charge < -0.3 is 24.3 Å². The molecule has 1 amide bonds. The minimum Gasteiger partial charge on any atom is -0.497 e. The maximum absolute atomic E-state index is 13.7. The molecule has 10 heteroatoms. The van der Waals surface area contributed by atoms with Crippen molar-refractivity contribution in [2.24, 2.45) is 0 Å². The van der Waals surface area contributed by atoms with Crippen molar-refractivity contribution in [2.45, 2.75) is 11.8 Å². The van der Waals surface area contributed by atoms with Crippen LogP contribution in [0.1, 0.15) is 5.56 Å². The van der Waals surface area contributed by atoms with Crippen molar-refractivity contribution in [1.29, 1.82) is 0 Å². The fourth-order valence-electron chi connectivity index (χ4n) is 3.58. The Morgan fingerprint density at radius 2 is 1.66 bits per heavy atom. The summed E-state index contributed by atoms with van der Waals surface area (Å²) in [6.45, 7) is 2.23. The summed E-state index contributed by atoms with van der Waals surface area (Å²) in [5.74, 6) is 1.28. The summed E-state index contributed by atoms with van der Waals surface area (Å²) in [7, 11) is -1.20. The van der Waals surface area contributed by atoms with Gasteiger partial charge in [0, 0.05) is 17.8 Å². The van der Waals surface area contributed by atoms with Crippen LogP contribution in [-0.4, -0.2) is 48.3 Å². The van der Waals surface area contributed by atoms with E-state index in [2.05, 4.69) is 5.32 Å². The molecule has 0 saturated carbocycles. The Morgan fingerprint density at radius 3 is 2.34 bits per heavy atom. The number of nitrogens with zero attached hydrogens (tertiary/aromatic N) is 1. The van der Waals surface area contributed by atoms with Crippen LogP contribution in [0.4, 0.5) is 11.4 Å². The fourth-order valence-corrected chi connectivity index (χ4v) is 5.01. The van der Waals surface area contributed by atoms with E-state index in [-0.39, 0.29) is 16.3 Å². The van der Waals surface area contributed by atoms with Gasteiger partial charge in [-0.1, -0.05) is 17.7 Å². The van der Waals surface area contributed by atoms with Crippen LogP contribution in [0.25, 0.3) is 0 Å². The molecule has 9 nitrogen and oxygen atoms in total. The minimum atomic E-state index is -4.12. The average molecular weight is 499 g/mol. The number of rotatable bonds is 8. The summed E-state index contributed by atoms with van der Waals surface area (Å²) in [6, 6.07) is 16.1. The van der Waals surface area contributed by atoms with Crippen LogP contribution < -0.4 is 28.6 Å². The van der Waals surface area contributed by atoms with Gasteiger partial charge in [-0.05, 0) is 43.3 Å². The van der Waals surface area contributed by atoms with Crippen molar-refractivity contribution in [1.82, 2.24) is 0 Å². The third kappa shape index (κ3) is 5.27. The first-order valence-corrected chi connectivity index (χ1v) is 12.3. The van der Waals surface area contributed by atoms with Crippen LogP contribution in [0.3, 0.4) is 0 Å². The summed E-state index contributed by atoms with van der Waals surface area (Å²) in [4.78, 5) is 13.1. The molecule has 0 radical (unpaired) electrons. The second-order valence-corrected chi connectivity index (χ2v) is 9.63. The lowest BCUT2D eigenvalue weighted by Crippen LogP contribution is -2.38. The van der Waals surface area contributed by atoms with Gasteiger partial charge in [-0.15, -0.1) is 0 Å². The van der Waals surface area contributed by atoms with Crippen LogP contribution in [0.15, 0.2) is 65.6 Å². The van der Waals surface area contributed by atoms with Gasteiger partial charge in [0.15, 0.2) is 11.5 Å². The maximum atomic E-state index is 13.7. The van der Waals surface area contributed by atoms with Gasteiger partial charge in [0.25, 0.3) is 10.0 Å². The number of aryl methyl sites for hydroxylation is 1. The molecule has 184 valence electrons. The molecule has 0 aliphatic carbocycles. The third-order valence-corrected chi connectivity index (χ3v) is 7.15. The Kier molecular flexibility index (Phi) is 7.02. The smallest absolute Gasteiger partial charge is 0.264 e. The van der Waals surface area contributed by atoms with Crippen LogP contribution >= 0.6 is 0 Å². The number of benzene rings is 3. The van der Waals surface area contributed by atoms with Gasteiger partial charge >= 0.3 is 0 Å². The lowest BCUT2D eigenvalue weighted by atomic mass is 10.2. The molecule has 3 aromatic rings. The lowest BCUT2D eigenvalue weighted by Gasteiger charge is -2.26. The highest BCUT2D eigenvalue weighted by Gasteiger charge is 2.30. The second kappa shape index (κ2) is 10.1. The normalized spacial score (nSPS) is 12.5. The van der Waals surface area contributed by atoms with Gasteiger partial charge in [-0.3, -0.25) is 9.10 Å². The number of hydrogen-bond acceptors (Lipinski definition) is 7. The number of sulfonamides is 1. The van der Waals surface area contributed by atoms with Crippen molar-refractivity contribution in [2.75, 3.05) is 43.6 Å². The molecule has 35 heavy (non-hydrogen) atoms. The first-order valence-electron chi connectivity index (χ1n) is 10.8. The van der Waals surface area contributed by atoms with E-state index in [1.807, 2.05) is 6.92 Å². The van der Waals surface area contributed by atoms with Crippen molar-refractivity contribution in [3.63, 3.8) is 0 Å². The molecule has 0 fully saturated rings. The van der Waals surface area contributed by atoms with Gasteiger partial charge in [0.1, 0.15) is 31.3 Å². The number of fused-ring (bicyclic) bond motifs is 1. The largest absolute Gasteiger partial charge is 0.497 e. The number of methoxy groups -OCH3 is 2. The monoisotopic (exact) mass is 498 g/mol. The molecular formula is C25H26N2O7S. The highest BCUT2D eigenvalue weighted by Crippen LogP contribution is 2.36. The summed E-state index contributed by atoms with van der Waals surface area (Å²) in [5.41, 5.74) is 1.56. The molecule has 1 heterocycles. The predicted octanol–water partition coefficient (Wildman–Crippen LogP) is 3.62. The molecule has 0 atom stereocenters. The van der Waals surface area contributed by atoms with E-state index in [4.69, 9.17) is 18.9 Å². The molecule has 3 aromatic carbocycles. The predicted molar refractivity (Wildman–Crippen MR) is 131 cm³/mol. The minimum absolute atomic E-state index is 0.0492. The summed E-state index contributed by atoms with van der Waals surface area (Å²) >= 11 is 0. The second-order valence-electron chi connectivity index (χ2n) is 7.77. The van der Waals surface area contributed by atoms with E-state index in [9.17, 15) is 13.2 Å². The van der Waals surface area contributed by atoms with Crippen LogP contribution in [0, 0.1) is 6.92 Å². The van der Waals surface area contributed by atoms with Crippen molar-refractivity contribution >= 4 is 27.3 Å². The van der Waals surface area contributed by atoms with Gasteiger partial charge in [-0.2, -0.15) is 0 Å². The quantitative estimate of drug-likeness (QED) is 0.506. The Hall–Kier alpha value is -3.92. The Morgan fingerprint density at radius 1 is 0.943 bits per heavy atom. The standard InChI is InChI=1S/C25H26N2O7S/c1-17-4-8-20(9-5-17)35(29,30)27(21-10-7-19(31-2)15-23(21)32-3)16-25(28)26-18-6-11-22-24(14-18)34-13-12-33-22/h4-11,14-15H,12-13,16H2,1-3H3,(H,26,28). The van der Waals surface area contributed by atoms with E-state index in [1.165, 1.54) is 26.4 Å². The molecule has 0 unspecified atom stereocenters. The van der Waals surface area contributed by atoms with E-state index in [0.29, 0.717) is 36.1 Å². The van der Waals surface area contributed by atoms with E-state index in [1.54, 1.807) is 48.5 Å². The summed E-state index contributed by atoms with van der Waals surface area (Å²) in [5, 5.41) is 2.74. The van der Waals surface area contributed by atoms with Crippen LogP contribution in [0.2, 0.25) is 0 Å². The topological polar surface area (TPSA) is 103 Å². The summed E-state index contributed by atoms with van der Waals surface area (Å²) in [6.07, 6.45) is 0. The molecule has 1 aliphatic rings. The zero-order chi connectivity index (χ0) is 25.0. The third-order valence-electron chi connectivity index (χ3n) is 5.38. The number of nitrogens with one attached hydrogen (secondary N) is 1.